The predicted octanol–water partition coefficient (Wildman–Crippen LogP) is 1.39. The van der Waals surface area contributed by atoms with Crippen molar-refractivity contribution in [2.24, 2.45) is 0 Å². The zero-order valence-corrected chi connectivity index (χ0v) is 12.0. The van der Waals surface area contributed by atoms with Gasteiger partial charge in [-0.3, -0.25) is 24.1 Å². The van der Waals surface area contributed by atoms with Gasteiger partial charge in [0.1, 0.15) is 6.42 Å². The zero-order chi connectivity index (χ0) is 15.6. The number of amides is 1. The molecule has 1 aromatic carbocycles. The van der Waals surface area contributed by atoms with Gasteiger partial charge in [0.2, 0.25) is 0 Å². The monoisotopic (exact) mass is 309 g/mol. The number of ketones is 2. The van der Waals surface area contributed by atoms with Crippen LogP contribution in [0.2, 0.25) is 5.02 Å². The van der Waals surface area contributed by atoms with Gasteiger partial charge in [0, 0.05) is 5.02 Å². The highest BCUT2D eigenvalue weighted by molar-refractivity contribution is 6.53. The van der Waals surface area contributed by atoms with E-state index in [9.17, 15) is 19.2 Å². The van der Waals surface area contributed by atoms with E-state index in [0.717, 1.165) is 4.90 Å². The lowest BCUT2D eigenvalue weighted by molar-refractivity contribution is -0.145. The van der Waals surface area contributed by atoms with Crippen LogP contribution < -0.4 is 4.90 Å². The first-order valence-corrected chi connectivity index (χ1v) is 6.65. The second-order valence-electron chi connectivity index (χ2n) is 4.40. The summed E-state index contributed by atoms with van der Waals surface area (Å²) in [5.41, 5.74) is 0.489. The highest BCUT2D eigenvalue weighted by Crippen LogP contribution is 2.31. The maximum atomic E-state index is 11.9. The van der Waals surface area contributed by atoms with Crippen LogP contribution in [-0.2, 0) is 19.1 Å². The molecule has 0 aromatic heterocycles. The van der Waals surface area contributed by atoms with E-state index in [0.29, 0.717) is 5.02 Å². The Balaban J connectivity index is 2.16. The molecule has 6 nitrogen and oxygen atoms in total. The van der Waals surface area contributed by atoms with Gasteiger partial charge in [0.15, 0.2) is 5.78 Å². The molecule has 0 unspecified atom stereocenters. The fourth-order valence-corrected chi connectivity index (χ4v) is 2.20. The minimum Gasteiger partial charge on any atom is -0.466 e. The predicted molar refractivity (Wildman–Crippen MR) is 74.4 cm³/mol. The van der Waals surface area contributed by atoms with Gasteiger partial charge in [-0.2, -0.15) is 0 Å². The lowest BCUT2D eigenvalue weighted by Gasteiger charge is -2.15. The lowest BCUT2D eigenvalue weighted by Crippen LogP contribution is -2.35. The summed E-state index contributed by atoms with van der Waals surface area (Å²) < 4.78 is 4.66. The van der Waals surface area contributed by atoms with Crippen molar-refractivity contribution in [2.75, 3.05) is 18.1 Å². The smallest absolute Gasteiger partial charge is 0.313 e. The highest BCUT2D eigenvalue weighted by Gasteiger charge is 2.37. The van der Waals surface area contributed by atoms with Crippen molar-refractivity contribution in [3.8, 4) is 0 Å². The van der Waals surface area contributed by atoms with E-state index in [2.05, 4.69) is 4.74 Å². The van der Waals surface area contributed by atoms with E-state index in [-0.39, 0.29) is 24.4 Å². The maximum Gasteiger partial charge on any atom is 0.313 e. The number of hydrogen-bond donors (Lipinski definition) is 0. The SMILES string of the molecule is CCOC(=O)CC(=O)CN1C(=O)C(=O)c2ccc(Cl)cc21. The summed E-state index contributed by atoms with van der Waals surface area (Å²) in [5.74, 6) is -2.66. The Kier molecular flexibility index (Phi) is 4.37. The van der Waals surface area contributed by atoms with Crippen molar-refractivity contribution in [3.63, 3.8) is 0 Å². The van der Waals surface area contributed by atoms with Crippen molar-refractivity contribution in [3.05, 3.63) is 28.8 Å². The Morgan fingerprint density at radius 2 is 2.00 bits per heavy atom. The number of nitrogens with zero attached hydrogens (tertiary/aromatic N) is 1. The van der Waals surface area contributed by atoms with E-state index in [1.165, 1.54) is 18.2 Å². The molecular weight excluding hydrogens is 298 g/mol. The van der Waals surface area contributed by atoms with Crippen LogP contribution in [0.15, 0.2) is 18.2 Å². The molecule has 0 aliphatic carbocycles. The molecule has 0 fully saturated rings. The molecule has 21 heavy (non-hydrogen) atoms. The summed E-state index contributed by atoms with van der Waals surface area (Å²) >= 11 is 5.84. The first-order valence-electron chi connectivity index (χ1n) is 6.27. The Labute approximate surface area is 125 Å². The quantitative estimate of drug-likeness (QED) is 0.466. The first-order chi connectivity index (χ1) is 9.93. The molecule has 0 bridgehead atoms. The van der Waals surface area contributed by atoms with E-state index in [1.807, 2.05) is 0 Å². The molecular formula is C14H12ClNO5. The molecule has 110 valence electrons. The maximum absolute atomic E-state index is 11.9. The van der Waals surface area contributed by atoms with Crippen molar-refractivity contribution in [1.29, 1.82) is 0 Å². The number of carbonyl (C=O) groups is 4. The van der Waals surface area contributed by atoms with Crippen LogP contribution in [0, 0.1) is 0 Å². The Bertz CT molecular complexity index is 640. The average Bonchev–Trinajstić information content (AvgIpc) is 2.64. The molecule has 1 aliphatic heterocycles. The second kappa shape index (κ2) is 6.05. The van der Waals surface area contributed by atoms with Gasteiger partial charge >= 0.3 is 5.97 Å². The van der Waals surface area contributed by atoms with Crippen LogP contribution >= 0.6 is 11.6 Å². The van der Waals surface area contributed by atoms with Gasteiger partial charge in [-0.05, 0) is 25.1 Å². The number of Topliss-reactive ketones (excluding diaryl/α,β-unsaturated/α-hetero) is 2. The summed E-state index contributed by atoms with van der Waals surface area (Å²) in [4.78, 5) is 47.7. The second-order valence-corrected chi connectivity index (χ2v) is 4.84. The number of benzene rings is 1. The molecule has 0 saturated carbocycles. The van der Waals surface area contributed by atoms with Crippen LogP contribution in [0.25, 0.3) is 0 Å². The normalized spacial score (nSPS) is 13.3. The highest BCUT2D eigenvalue weighted by atomic mass is 35.5. The zero-order valence-electron chi connectivity index (χ0n) is 11.2. The summed E-state index contributed by atoms with van der Waals surface area (Å²) in [7, 11) is 0. The van der Waals surface area contributed by atoms with Gasteiger partial charge in [-0.1, -0.05) is 11.6 Å². The molecule has 1 heterocycles. The van der Waals surface area contributed by atoms with E-state index in [4.69, 9.17) is 11.6 Å². The Morgan fingerprint density at radius 1 is 1.29 bits per heavy atom. The number of ether oxygens (including phenoxy) is 1. The first kappa shape index (κ1) is 15.2. The van der Waals surface area contributed by atoms with Crippen LogP contribution in [-0.4, -0.2) is 36.6 Å². The molecule has 1 aromatic rings. The molecule has 0 N–H and O–H groups in total. The number of esters is 1. The third-order valence-electron chi connectivity index (χ3n) is 2.92. The standard InChI is InChI=1S/C14H12ClNO5/c1-2-21-12(18)6-9(17)7-16-11-5-8(15)3-4-10(11)13(19)14(16)20/h3-5H,2,6-7H2,1H3. The number of hydrogen-bond acceptors (Lipinski definition) is 5. The van der Waals surface area contributed by atoms with Crippen molar-refractivity contribution < 1.29 is 23.9 Å². The molecule has 0 spiro atoms. The van der Waals surface area contributed by atoms with E-state index < -0.39 is 29.9 Å². The number of rotatable bonds is 5. The third-order valence-corrected chi connectivity index (χ3v) is 3.15. The van der Waals surface area contributed by atoms with Crippen molar-refractivity contribution in [2.45, 2.75) is 13.3 Å². The van der Waals surface area contributed by atoms with Gasteiger partial charge in [0.05, 0.1) is 24.4 Å². The van der Waals surface area contributed by atoms with Crippen LogP contribution in [0.5, 0.6) is 0 Å². The van der Waals surface area contributed by atoms with Crippen LogP contribution in [0.3, 0.4) is 0 Å². The largest absolute Gasteiger partial charge is 0.466 e. The number of carbonyl (C=O) groups excluding carboxylic acids is 4. The summed E-state index contributed by atoms with van der Waals surface area (Å²) in [5, 5.41) is 0.346. The van der Waals surface area contributed by atoms with Crippen LogP contribution in [0.4, 0.5) is 5.69 Å². The van der Waals surface area contributed by atoms with Crippen molar-refractivity contribution in [1.82, 2.24) is 0 Å². The fraction of sp³-hybridized carbons (Fsp3) is 0.286. The van der Waals surface area contributed by atoms with Crippen LogP contribution in [0.1, 0.15) is 23.7 Å². The molecule has 0 atom stereocenters. The summed E-state index contributed by atoms with van der Waals surface area (Å²) in [6.07, 6.45) is -0.443. The Morgan fingerprint density at radius 3 is 2.67 bits per heavy atom. The number of halogens is 1. The van der Waals surface area contributed by atoms with Crippen molar-refractivity contribution >= 4 is 40.7 Å². The average molecular weight is 310 g/mol. The minimum atomic E-state index is -0.801. The minimum absolute atomic E-state index is 0.172. The topological polar surface area (TPSA) is 80.8 Å². The summed E-state index contributed by atoms with van der Waals surface area (Å²) in [6, 6.07) is 4.38. The molecule has 1 amide bonds. The fourth-order valence-electron chi connectivity index (χ4n) is 2.03. The molecule has 2 rings (SSSR count). The summed E-state index contributed by atoms with van der Waals surface area (Å²) in [6.45, 7) is 1.44. The Hall–Kier alpha value is -2.21. The number of anilines is 1. The molecule has 1 aliphatic rings. The molecule has 0 radical (unpaired) electrons. The van der Waals surface area contributed by atoms with Gasteiger partial charge in [-0.25, -0.2) is 0 Å². The third kappa shape index (κ3) is 3.11. The van der Waals surface area contributed by atoms with Gasteiger partial charge in [0.25, 0.3) is 11.7 Å². The molecule has 0 saturated heterocycles. The van der Waals surface area contributed by atoms with Gasteiger partial charge in [-0.15, -0.1) is 0 Å². The number of fused-ring (bicyclic) bond motifs is 1. The lowest BCUT2D eigenvalue weighted by atomic mass is 10.1. The van der Waals surface area contributed by atoms with Gasteiger partial charge < -0.3 is 4.74 Å². The molecule has 7 heteroatoms. The van der Waals surface area contributed by atoms with E-state index >= 15 is 0 Å². The van der Waals surface area contributed by atoms with E-state index in [1.54, 1.807) is 6.92 Å².